The average molecular weight is 555 g/mol. The van der Waals surface area contributed by atoms with Crippen LogP contribution >= 0.6 is 24.0 Å². The smallest absolute Gasteiger partial charge is 0.320 e. The number of nitrogens with two attached hydrogens (primary N) is 1. The number of benzene rings is 2. The van der Waals surface area contributed by atoms with Crippen molar-refractivity contribution in [3.63, 3.8) is 0 Å². The number of nitrogens with one attached hydrogen (secondary N) is 3. The molecular weight excluding hydrogens is 536 g/mol. The van der Waals surface area contributed by atoms with E-state index in [0.717, 1.165) is 12.1 Å². The second-order valence-corrected chi connectivity index (χ2v) is 8.01. The lowest BCUT2D eigenvalue weighted by Crippen LogP contribution is -2.32. The number of carbonyl (C=O) groups excluding carboxylic acids is 2. The highest BCUT2D eigenvalue weighted by molar-refractivity contribution is 6.31. The van der Waals surface area contributed by atoms with Gasteiger partial charge in [-0.25, -0.2) is 19.7 Å². The molecule has 0 unspecified atom stereocenters. The fraction of sp³-hybridized carbons (Fsp3) is 0.136. The van der Waals surface area contributed by atoms with Crippen molar-refractivity contribution in [2.75, 3.05) is 16.0 Å². The lowest BCUT2D eigenvalue weighted by molar-refractivity contribution is -0.137. The highest BCUT2D eigenvalue weighted by Gasteiger charge is 2.33. The molecule has 194 valence electrons. The van der Waals surface area contributed by atoms with Gasteiger partial charge in [0.15, 0.2) is 17.0 Å². The molecule has 0 saturated heterocycles. The van der Waals surface area contributed by atoms with Gasteiger partial charge in [0.25, 0.3) is 0 Å². The van der Waals surface area contributed by atoms with Crippen LogP contribution in [0.1, 0.15) is 12.5 Å². The number of rotatable bonds is 5. The van der Waals surface area contributed by atoms with Crippen LogP contribution in [0.4, 0.5) is 35.2 Å². The van der Waals surface area contributed by atoms with Crippen molar-refractivity contribution in [1.29, 1.82) is 0 Å². The van der Waals surface area contributed by atoms with E-state index < -0.39 is 34.7 Å². The number of nitrogens with zero attached hydrogens (tertiary/aromatic N) is 4. The van der Waals surface area contributed by atoms with Crippen molar-refractivity contribution < 1.29 is 22.8 Å². The van der Waals surface area contributed by atoms with Gasteiger partial charge in [-0.05, 0) is 49.4 Å². The summed E-state index contributed by atoms with van der Waals surface area (Å²) in [4.78, 5) is 36.7. The van der Waals surface area contributed by atoms with Gasteiger partial charge in [0, 0.05) is 17.1 Å². The van der Waals surface area contributed by atoms with Gasteiger partial charge in [-0.1, -0.05) is 11.6 Å². The number of anilines is 3. The van der Waals surface area contributed by atoms with Crippen LogP contribution in [0.15, 0.2) is 55.1 Å². The van der Waals surface area contributed by atoms with E-state index in [-0.39, 0.29) is 23.9 Å². The van der Waals surface area contributed by atoms with Gasteiger partial charge in [0.1, 0.15) is 12.7 Å². The Morgan fingerprint density at radius 2 is 1.65 bits per heavy atom. The van der Waals surface area contributed by atoms with Crippen LogP contribution in [0.5, 0.6) is 0 Å². The Kier molecular flexibility index (Phi) is 8.21. The summed E-state index contributed by atoms with van der Waals surface area (Å²) in [5.41, 5.74) is 6.25. The molecule has 0 fully saturated rings. The molecule has 0 aliphatic rings. The topological polar surface area (TPSA) is 140 Å². The fourth-order valence-electron chi connectivity index (χ4n) is 3.16. The highest BCUT2D eigenvalue weighted by atomic mass is 35.5. The van der Waals surface area contributed by atoms with Gasteiger partial charge >= 0.3 is 12.2 Å². The van der Waals surface area contributed by atoms with Crippen molar-refractivity contribution in [3.05, 3.63) is 65.7 Å². The Hall–Kier alpha value is -3.94. The summed E-state index contributed by atoms with van der Waals surface area (Å²) in [6, 6.07) is 8.11. The predicted octanol–water partition coefficient (Wildman–Crippen LogP) is 4.84. The van der Waals surface area contributed by atoms with Crippen molar-refractivity contribution >= 4 is 64.3 Å². The van der Waals surface area contributed by atoms with Gasteiger partial charge in [-0.15, -0.1) is 12.4 Å². The number of imidazole rings is 1. The zero-order valence-electron chi connectivity index (χ0n) is 18.9. The molecule has 0 aliphatic carbocycles. The van der Waals surface area contributed by atoms with Crippen molar-refractivity contribution in [2.24, 2.45) is 5.73 Å². The zero-order valence-corrected chi connectivity index (χ0v) is 20.4. The van der Waals surface area contributed by atoms with Crippen LogP contribution in [-0.2, 0) is 11.0 Å². The third-order valence-corrected chi connectivity index (χ3v) is 5.25. The van der Waals surface area contributed by atoms with E-state index in [0.29, 0.717) is 22.5 Å². The molecule has 0 saturated carbocycles. The summed E-state index contributed by atoms with van der Waals surface area (Å²) < 4.78 is 40.7. The second kappa shape index (κ2) is 11.0. The Bertz CT molecular complexity index is 1440. The quantitative estimate of drug-likeness (QED) is 0.278. The molecule has 0 bridgehead atoms. The Labute approximate surface area is 218 Å². The lowest BCUT2D eigenvalue weighted by Gasteiger charge is -2.12. The molecular formula is C22H19Cl2F3N8O2. The summed E-state index contributed by atoms with van der Waals surface area (Å²) in [5.74, 6) is -0.210. The number of aromatic nitrogens is 4. The molecule has 1 atom stereocenters. The molecule has 5 N–H and O–H groups in total. The van der Waals surface area contributed by atoms with Gasteiger partial charge in [0.05, 0.1) is 16.6 Å². The minimum Gasteiger partial charge on any atom is -0.320 e. The monoisotopic (exact) mass is 554 g/mol. The summed E-state index contributed by atoms with van der Waals surface area (Å²) >= 11 is 5.60. The first-order chi connectivity index (χ1) is 17.0. The fourth-order valence-corrected chi connectivity index (χ4v) is 3.39. The first-order valence-corrected chi connectivity index (χ1v) is 10.7. The van der Waals surface area contributed by atoms with Crippen molar-refractivity contribution in [3.8, 4) is 5.69 Å². The lowest BCUT2D eigenvalue weighted by atomic mass is 10.2. The van der Waals surface area contributed by atoms with E-state index in [1.807, 2.05) is 0 Å². The molecule has 2 aromatic carbocycles. The molecule has 0 radical (unpaired) electrons. The summed E-state index contributed by atoms with van der Waals surface area (Å²) in [7, 11) is 0. The first kappa shape index (κ1) is 27.6. The Morgan fingerprint density at radius 1 is 1.00 bits per heavy atom. The number of amides is 3. The van der Waals surface area contributed by atoms with Gasteiger partial charge in [0.2, 0.25) is 5.91 Å². The van der Waals surface area contributed by atoms with E-state index in [9.17, 15) is 22.8 Å². The van der Waals surface area contributed by atoms with Crippen LogP contribution in [0.25, 0.3) is 16.9 Å². The molecule has 4 rings (SSSR count). The van der Waals surface area contributed by atoms with Crippen LogP contribution in [0.2, 0.25) is 5.02 Å². The first-order valence-electron chi connectivity index (χ1n) is 10.3. The summed E-state index contributed by atoms with van der Waals surface area (Å²) in [5, 5.41) is 7.01. The van der Waals surface area contributed by atoms with Gasteiger partial charge in [-0.3, -0.25) is 9.36 Å². The largest absolute Gasteiger partial charge is 0.417 e. The Balaban J connectivity index is 0.00000380. The number of alkyl halides is 3. The van der Waals surface area contributed by atoms with E-state index in [1.165, 1.54) is 25.6 Å². The van der Waals surface area contributed by atoms with E-state index in [1.54, 1.807) is 28.8 Å². The maximum Gasteiger partial charge on any atom is 0.417 e. The molecule has 3 amide bonds. The minimum absolute atomic E-state index is 0. The SMILES string of the molecule is C[C@H](N)C(=O)Nc1ncnc2c1ncn2-c1ccc(NC(=O)Nc2ccc(Cl)c(C(F)(F)F)c2)cc1.Cl. The number of urea groups is 1. The maximum absolute atomic E-state index is 13.0. The number of hydrogen-bond donors (Lipinski definition) is 4. The number of halogens is 5. The van der Waals surface area contributed by atoms with Crippen LogP contribution in [-0.4, -0.2) is 37.5 Å². The number of fused-ring (bicyclic) bond motifs is 1. The Morgan fingerprint density at radius 3 is 2.30 bits per heavy atom. The standard InChI is InChI=1S/C22H18ClF3N8O2.ClH/c1-11(27)20(35)33-18-17-19(29-9-28-18)34(10-30-17)14-5-2-12(3-6-14)31-21(36)32-13-4-7-16(23)15(8-13)22(24,25)26;/h2-11H,27H2,1H3,(H2,31,32,36)(H,28,29,33,35);1H/t11-;/m0./s1. The molecule has 10 nitrogen and oxygen atoms in total. The van der Waals surface area contributed by atoms with Crippen LogP contribution in [0, 0.1) is 0 Å². The van der Waals surface area contributed by atoms with Crippen LogP contribution in [0.3, 0.4) is 0 Å². The molecule has 15 heteroatoms. The molecule has 4 aromatic rings. The number of hydrogen-bond acceptors (Lipinski definition) is 6. The van der Waals surface area contributed by atoms with Crippen molar-refractivity contribution in [2.45, 2.75) is 19.1 Å². The van der Waals surface area contributed by atoms with E-state index in [4.69, 9.17) is 17.3 Å². The van der Waals surface area contributed by atoms with Gasteiger partial charge in [-0.2, -0.15) is 13.2 Å². The summed E-state index contributed by atoms with van der Waals surface area (Å²) in [6.07, 6.45) is -1.88. The highest BCUT2D eigenvalue weighted by Crippen LogP contribution is 2.36. The predicted molar refractivity (Wildman–Crippen MR) is 135 cm³/mol. The third kappa shape index (κ3) is 6.25. The molecule has 2 aromatic heterocycles. The molecule has 0 spiro atoms. The average Bonchev–Trinajstić information content (AvgIpc) is 3.25. The van der Waals surface area contributed by atoms with Gasteiger partial charge < -0.3 is 21.7 Å². The summed E-state index contributed by atoms with van der Waals surface area (Å²) in [6.45, 7) is 1.54. The van der Waals surface area contributed by atoms with E-state index >= 15 is 0 Å². The molecule has 0 aliphatic heterocycles. The molecule has 2 heterocycles. The number of carbonyl (C=O) groups is 2. The second-order valence-electron chi connectivity index (χ2n) is 7.61. The molecule has 37 heavy (non-hydrogen) atoms. The minimum atomic E-state index is -4.65. The normalized spacial score (nSPS) is 11.9. The van der Waals surface area contributed by atoms with E-state index in [2.05, 4.69) is 30.9 Å². The van der Waals surface area contributed by atoms with Crippen molar-refractivity contribution in [1.82, 2.24) is 19.5 Å². The maximum atomic E-state index is 13.0. The van der Waals surface area contributed by atoms with Crippen LogP contribution < -0.4 is 21.7 Å². The third-order valence-electron chi connectivity index (χ3n) is 4.92. The zero-order chi connectivity index (χ0) is 26.0.